The van der Waals surface area contributed by atoms with Crippen molar-refractivity contribution in [2.45, 2.75) is 39.7 Å². The Bertz CT molecular complexity index is 604. The molecule has 0 amide bonds. The SMILES string of the molecule is CCCNC(C)c1ccc(-c2cn(C)nc2CC)cc1Cl. The average molecular weight is 306 g/mol. The minimum absolute atomic E-state index is 0.269. The Labute approximate surface area is 132 Å². The van der Waals surface area contributed by atoms with E-state index in [4.69, 9.17) is 11.6 Å². The Hall–Kier alpha value is -1.32. The van der Waals surface area contributed by atoms with Crippen molar-refractivity contribution in [2.75, 3.05) is 6.54 Å². The molecule has 1 N–H and O–H groups in total. The Balaban J connectivity index is 2.30. The zero-order valence-electron chi connectivity index (χ0n) is 13.3. The van der Waals surface area contributed by atoms with E-state index in [2.05, 4.69) is 55.6 Å². The van der Waals surface area contributed by atoms with Gasteiger partial charge in [0.1, 0.15) is 0 Å². The largest absolute Gasteiger partial charge is 0.310 e. The van der Waals surface area contributed by atoms with Gasteiger partial charge in [0.2, 0.25) is 0 Å². The van der Waals surface area contributed by atoms with Crippen molar-refractivity contribution < 1.29 is 0 Å². The quantitative estimate of drug-likeness (QED) is 0.859. The molecule has 4 heteroatoms. The van der Waals surface area contributed by atoms with Gasteiger partial charge in [-0.2, -0.15) is 5.10 Å². The topological polar surface area (TPSA) is 29.9 Å². The number of benzene rings is 1. The summed E-state index contributed by atoms with van der Waals surface area (Å²) in [6.07, 6.45) is 4.10. The summed E-state index contributed by atoms with van der Waals surface area (Å²) < 4.78 is 1.86. The molecule has 0 saturated heterocycles. The number of aryl methyl sites for hydroxylation is 2. The van der Waals surface area contributed by atoms with Gasteiger partial charge in [-0.05, 0) is 43.5 Å². The van der Waals surface area contributed by atoms with Crippen LogP contribution in [-0.2, 0) is 13.5 Å². The summed E-state index contributed by atoms with van der Waals surface area (Å²) in [6, 6.07) is 6.59. The second-order valence-corrected chi connectivity index (χ2v) is 5.84. The van der Waals surface area contributed by atoms with Crippen molar-refractivity contribution in [2.24, 2.45) is 7.05 Å². The van der Waals surface area contributed by atoms with Crippen LogP contribution in [-0.4, -0.2) is 16.3 Å². The van der Waals surface area contributed by atoms with E-state index in [9.17, 15) is 0 Å². The maximum atomic E-state index is 6.49. The Morgan fingerprint density at radius 1 is 1.33 bits per heavy atom. The third kappa shape index (κ3) is 3.66. The van der Waals surface area contributed by atoms with Gasteiger partial charge < -0.3 is 5.32 Å². The van der Waals surface area contributed by atoms with Crippen LogP contribution in [0.15, 0.2) is 24.4 Å². The lowest BCUT2D eigenvalue weighted by molar-refractivity contribution is 0.571. The van der Waals surface area contributed by atoms with Gasteiger partial charge in [-0.15, -0.1) is 0 Å². The summed E-state index contributed by atoms with van der Waals surface area (Å²) >= 11 is 6.49. The van der Waals surface area contributed by atoms with Gasteiger partial charge in [-0.1, -0.05) is 37.6 Å². The molecule has 2 aromatic rings. The van der Waals surface area contributed by atoms with Gasteiger partial charge in [-0.25, -0.2) is 0 Å². The van der Waals surface area contributed by atoms with Crippen molar-refractivity contribution in [1.29, 1.82) is 0 Å². The third-order valence-corrected chi connectivity index (χ3v) is 4.05. The van der Waals surface area contributed by atoms with Gasteiger partial charge in [0.25, 0.3) is 0 Å². The summed E-state index contributed by atoms with van der Waals surface area (Å²) in [5.74, 6) is 0. The highest BCUT2D eigenvalue weighted by atomic mass is 35.5. The highest BCUT2D eigenvalue weighted by Gasteiger charge is 2.13. The van der Waals surface area contributed by atoms with Crippen LogP contribution in [0.3, 0.4) is 0 Å². The molecule has 114 valence electrons. The molecule has 0 saturated carbocycles. The fourth-order valence-corrected chi connectivity index (χ4v) is 2.90. The van der Waals surface area contributed by atoms with Crippen molar-refractivity contribution in [3.8, 4) is 11.1 Å². The van der Waals surface area contributed by atoms with Crippen LogP contribution in [0.2, 0.25) is 5.02 Å². The maximum Gasteiger partial charge on any atom is 0.0700 e. The van der Waals surface area contributed by atoms with E-state index in [-0.39, 0.29) is 6.04 Å². The van der Waals surface area contributed by atoms with E-state index in [0.29, 0.717) is 0 Å². The van der Waals surface area contributed by atoms with Crippen molar-refractivity contribution >= 4 is 11.6 Å². The van der Waals surface area contributed by atoms with E-state index in [1.54, 1.807) is 0 Å². The maximum absolute atomic E-state index is 6.49. The number of nitrogens with one attached hydrogen (secondary N) is 1. The number of aromatic nitrogens is 2. The molecule has 0 radical (unpaired) electrons. The molecule has 3 nitrogen and oxygen atoms in total. The molecule has 21 heavy (non-hydrogen) atoms. The molecule has 0 aliphatic heterocycles. The van der Waals surface area contributed by atoms with Gasteiger partial charge in [0, 0.05) is 29.9 Å². The first kappa shape index (κ1) is 16.1. The molecule has 0 bridgehead atoms. The van der Waals surface area contributed by atoms with E-state index in [0.717, 1.165) is 41.2 Å². The Morgan fingerprint density at radius 2 is 2.10 bits per heavy atom. The molecular weight excluding hydrogens is 282 g/mol. The second-order valence-electron chi connectivity index (χ2n) is 5.43. The van der Waals surface area contributed by atoms with Crippen molar-refractivity contribution in [1.82, 2.24) is 15.1 Å². The van der Waals surface area contributed by atoms with Crippen LogP contribution >= 0.6 is 11.6 Å². The lowest BCUT2D eigenvalue weighted by Gasteiger charge is -2.16. The number of hydrogen-bond acceptors (Lipinski definition) is 2. The van der Waals surface area contributed by atoms with E-state index >= 15 is 0 Å². The zero-order valence-corrected chi connectivity index (χ0v) is 14.0. The van der Waals surface area contributed by atoms with Gasteiger partial charge in [0.15, 0.2) is 0 Å². The van der Waals surface area contributed by atoms with Crippen molar-refractivity contribution in [3.63, 3.8) is 0 Å². The van der Waals surface area contributed by atoms with Crippen LogP contribution in [0.25, 0.3) is 11.1 Å². The molecule has 1 heterocycles. The fourth-order valence-electron chi connectivity index (χ4n) is 2.55. The predicted octanol–water partition coefficient (Wildman–Crippen LogP) is 4.36. The van der Waals surface area contributed by atoms with Gasteiger partial charge in [-0.3, -0.25) is 4.68 Å². The van der Waals surface area contributed by atoms with Gasteiger partial charge in [0.05, 0.1) is 5.69 Å². The number of rotatable bonds is 6. The molecule has 1 atom stereocenters. The summed E-state index contributed by atoms with van der Waals surface area (Å²) in [4.78, 5) is 0. The highest BCUT2D eigenvalue weighted by Crippen LogP contribution is 2.30. The lowest BCUT2D eigenvalue weighted by Crippen LogP contribution is -2.19. The van der Waals surface area contributed by atoms with Crippen LogP contribution in [0.5, 0.6) is 0 Å². The molecular formula is C17H24ClN3. The van der Waals surface area contributed by atoms with Crippen LogP contribution in [0.4, 0.5) is 0 Å². The third-order valence-electron chi connectivity index (χ3n) is 3.72. The molecule has 1 unspecified atom stereocenters. The summed E-state index contributed by atoms with van der Waals surface area (Å²) in [5, 5.41) is 8.78. The van der Waals surface area contributed by atoms with Crippen LogP contribution in [0, 0.1) is 0 Å². The predicted molar refractivity (Wildman–Crippen MR) is 89.7 cm³/mol. The normalized spacial score (nSPS) is 12.6. The van der Waals surface area contributed by atoms with Crippen LogP contribution in [0.1, 0.15) is 44.5 Å². The minimum Gasteiger partial charge on any atom is -0.310 e. The lowest BCUT2D eigenvalue weighted by atomic mass is 10.0. The Kier molecular flexibility index (Phi) is 5.43. The molecule has 2 rings (SSSR count). The monoisotopic (exact) mass is 305 g/mol. The first-order chi connectivity index (χ1) is 10.1. The van der Waals surface area contributed by atoms with Crippen molar-refractivity contribution in [3.05, 3.63) is 40.7 Å². The molecule has 0 aliphatic carbocycles. The number of hydrogen-bond donors (Lipinski definition) is 1. The highest BCUT2D eigenvalue weighted by molar-refractivity contribution is 6.31. The molecule has 1 aromatic heterocycles. The molecule has 1 aromatic carbocycles. The minimum atomic E-state index is 0.269. The molecule has 0 fully saturated rings. The van der Waals surface area contributed by atoms with Crippen LogP contribution < -0.4 is 5.32 Å². The summed E-state index contributed by atoms with van der Waals surface area (Å²) in [6.45, 7) is 7.44. The molecule has 0 aliphatic rings. The number of halogens is 1. The average Bonchev–Trinajstić information content (AvgIpc) is 2.85. The Morgan fingerprint density at radius 3 is 2.71 bits per heavy atom. The standard InChI is InChI=1S/C17H24ClN3/c1-5-9-19-12(3)14-8-7-13(10-16(14)18)15-11-21(4)20-17(15)6-2/h7-8,10-12,19H,5-6,9H2,1-4H3. The number of nitrogens with zero attached hydrogens (tertiary/aromatic N) is 2. The first-order valence-corrected chi connectivity index (χ1v) is 8.00. The summed E-state index contributed by atoms with van der Waals surface area (Å²) in [7, 11) is 1.95. The first-order valence-electron chi connectivity index (χ1n) is 7.62. The second kappa shape index (κ2) is 7.10. The van der Waals surface area contributed by atoms with Gasteiger partial charge >= 0.3 is 0 Å². The summed E-state index contributed by atoms with van der Waals surface area (Å²) in [5.41, 5.74) is 4.56. The van der Waals surface area contributed by atoms with E-state index in [1.165, 1.54) is 5.56 Å². The molecule has 0 spiro atoms. The smallest absolute Gasteiger partial charge is 0.0700 e. The fraction of sp³-hybridized carbons (Fsp3) is 0.471. The van der Waals surface area contributed by atoms with E-state index in [1.807, 2.05) is 11.7 Å². The van der Waals surface area contributed by atoms with E-state index < -0.39 is 0 Å². The zero-order chi connectivity index (χ0) is 15.4.